The average molecular weight is 272 g/mol. The van der Waals surface area contributed by atoms with Gasteiger partial charge in [0.15, 0.2) is 0 Å². The smallest absolute Gasteiger partial charge is 0.241 e. The summed E-state index contributed by atoms with van der Waals surface area (Å²) < 4.78 is 28.2. The normalized spacial score (nSPS) is 11.3. The molecule has 0 radical (unpaired) electrons. The Morgan fingerprint density at radius 2 is 1.94 bits per heavy atom. The molecule has 1 aromatic carbocycles. The number of primary sulfonamides is 1. The number of aryl methyl sites for hydroxylation is 2. The van der Waals surface area contributed by atoms with Gasteiger partial charge in [-0.25, -0.2) is 13.6 Å². The lowest BCUT2D eigenvalue weighted by atomic mass is 10.1. The van der Waals surface area contributed by atoms with Gasteiger partial charge in [-0.05, 0) is 31.0 Å². The summed E-state index contributed by atoms with van der Waals surface area (Å²) in [5.74, 6) is -0.346. The molecule has 100 valence electrons. The first-order valence-electron chi connectivity index (χ1n) is 5.27. The van der Waals surface area contributed by atoms with Gasteiger partial charge in [-0.1, -0.05) is 6.07 Å². The number of nitrogens with two attached hydrogens (primary N) is 2. The summed E-state index contributed by atoms with van der Waals surface area (Å²) >= 11 is 0. The number of rotatable bonds is 5. The maximum atomic E-state index is 11.5. The molecule has 1 aromatic rings. The number of carbonyl (C=O) groups is 1. The van der Waals surface area contributed by atoms with Crippen molar-refractivity contribution in [1.82, 2.24) is 0 Å². The lowest BCUT2D eigenvalue weighted by molar-refractivity contribution is -0.118. The summed E-state index contributed by atoms with van der Waals surface area (Å²) in [4.78, 5) is 10.5. The molecule has 1 rings (SSSR count). The Morgan fingerprint density at radius 3 is 2.44 bits per heavy atom. The molecule has 0 unspecified atom stereocenters. The molecule has 6 nitrogen and oxygen atoms in total. The van der Waals surface area contributed by atoms with E-state index in [1.54, 1.807) is 19.9 Å². The lowest BCUT2D eigenvalue weighted by Gasteiger charge is -2.13. The molecule has 0 saturated carbocycles. The topological polar surface area (TPSA) is 112 Å². The molecule has 0 spiro atoms. The number of hydrogen-bond acceptors (Lipinski definition) is 4. The zero-order valence-electron chi connectivity index (χ0n) is 10.3. The number of ether oxygens (including phenoxy) is 1. The summed E-state index contributed by atoms with van der Waals surface area (Å²) in [6.45, 7) is 3.48. The molecular weight excluding hydrogens is 256 g/mol. The molecule has 0 atom stereocenters. The van der Waals surface area contributed by atoms with Gasteiger partial charge < -0.3 is 10.5 Å². The van der Waals surface area contributed by atoms with Gasteiger partial charge in [0.1, 0.15) is 10.6 Å². The van der Waals surface area contributed by atoms with Crippen molar-refractivity contribution in [3.8, 4) is 5.75 Å². The SMILES string of the molecule is Cc1cc(C)c(OCCC(N)=O)c(S(N)(=O)=O)c1. The fraction of sp³-hybridized carbons (Fsp3) is 0.364. The van der Waals surface area contributed by atoms with Crippen molar-refractivity contribution in [3.63, 3.8) is 0 Å². The van der Waals surface area contributed by atoms with E-state index in [0.29, 0.717) is 5.56 Å². The van der Waals surface area contributed by atoms with E-state index in [4.69, 9.17) is 15.6 Å². The first kappa shape index (κ1) is 14.5. The zero-order chi connectivity index (χ0) is 13.9. The van der Waals surface area contributed by atoms with Crippen molar-refractivity contribution in [2.45, 2.75) is 25.2 Å². The predicted molar refractivity (Wildman–Crippen MR) is 66.6 cm³/mol. The van der Waals surface area contributed by atoms with E-state index >= 15 is 0 Å². The third-order valence-corrected chi connectivity index (χ3v) is 3.20. The number of benzene rings is 1. The summed E-state index contributed by atoms with van der Waals surface area (Å²) in [5, 5.41) is 5.13. The molecule has 0 fully saturated rings. The molecule has 0 heterocycles. The third-order valence-electron chi connectivity index (χ3n) is 2.29. The van der Waals surface area contributed by atoms with E-state index in [1.165, 1.54) is 6.07 Å². The minimum atomic E-state index is -3.87. The van der Waals surface area contributed by atoms with Crippen LogP contribution in [-0.4, -0.2) is 20.9 Å². The average Bonchev–Trinajstić information content (AvgIpc) is 2.18. The predicted octanol–water partition coefficient (Wildman–Crippen LogP) is 0.205. The lowest BCUT2D eigenvalue weighted by Crippen LogP contribution is -2.18. The van der Waals surface area contributed by atoms with E-state index in [-0.39, 0.29) is 23.7 Å². The fourth-order valence-electron chi connectivity index (χ4n) is 1.57. The number of hydrogen-bond donors (Lipinski definition) is 2. The third kappa shape index (κ3) is 3.71. The number of sulfonamides is 1. The van der Waals surface area contributed by atoms with Crippen LogP contribution < -0.4 is 15.6 Å². The fourth-order valence-corrected chi connectivity index (χ4v) is 2.39. The Hall–Kier alpha value is -1.60. The standard InChI is InChI=1S/C11H16N2O4S/c1-7-5-8(2)11(17-4-3-10(12)14)9(6-7)18(13,15)16/h5-6H,3-4H2,1-2H3,(H2,12,14)(H2,13,15,16). The van der Waals surface area contributed by atoms with Gasteiger partial charge in [0.25, 0.3) is 0 Å². The first-order valence-corrected chi connectivity index (χ1v) is 6.81. The van der Waals surface area contributed by atoms with Crippen LogP contribution in [0.4, 0.5) is 0 Å². The highest BCUT2D eigenvalue weighted by atomic mass is 32.2. The highest BCUT2D eigenvalue weighted by Gasteiger charge is 2.18. The summed E-state index contributed by atoms with van der Waals surface area (Å²) in [6.07, 6.45) is 0.0113. The Morgan fingerprint density at radius 1 is 1.33 bits per heavy atom. The maximum absolute atomic E-state index is 11.5. The molecule has 18 heavy (non-hydrogen) atoms. The van der Waals surface area contributed by atoms with Crippen LogP contribution >= 0.6 is 0 Å². The molecule has 1 amide bonds. The second-order valence-corrected chi connectivity index (χ2v) is 5.55. The van der Waals surface area contributed by atoms with Crippen LogP contribution in [0.2, 0.25) is 0 Å². The van der Waals surface area contributed by atoms with E-state index in [2.05, 4.69) is 0 Å². The van der Waals surface area contributed by atoms with Crippen LogP contribution in [0, 0.1) is 13.8 Å². The Balaban J connectivity index is 3.13. The van der Waals surface area contributed by atoms with Crippen LogP contribution in [0.5, 0.6) is 5.75 Å². The minimum Gasteiger partial charge on any atom is -0.491 e. The van der Waals surface area contributed by atoms with Gasteiger partial charge in [0.2, 0.25) is 15.9 Å². The Bertz CT molecular complexity index is 567. The van der Waals surface area contributed by atoms with Gasteiger partial charge in [-0.15, -0.1) is 0 Å². The van der Waals surface area contributed by atoms with Gasteiger partial charge >= 0.3 is 0 Å². The highest BCUT2D eigenvalue weighted by molar-refractivity contribution is 7.89. The first-order chi connectivity index (χ1) is 8.21. The minimum absolute atomic E-state index is 0.0113. The second kappa shape index (κ2) is 5.36. The van der Waals surface area contributed by atoms with Crippen molar-refractivity contribution in [2.24, 2.45) is 10.9 Å². The van der Waals surface area contributed by atoms with E-state index < -0.39 is 15.9 Å². The van der Waals surface area contributed by atoms with Crippen molar-refractivity contribution < 1.29 is 17.9 Å². The quantitative estimate of drug-likeness (QED) is 0.797. The monoisotopic (exact) mass is 272 g/mol. The number of amides is 1. The molecule has 0 saturated heterocycles. The van der Waals surface area contributed by atoms with E-state index in [0.717, 1.165) is 5.56 Å². The van der Waals surface area contributed by atoms with Crippen molar-refractivity contribution >= 4 is 15.9 Å². The summed E-state index contributed by atoms with van der Waals surface area (Å²) in [6, 6.07) is 3.20. The van der Waals surface area contributed by atoms with Crippen molar-refractivity contribution in [3.05, 3.63) is 23.3 Å². The van der Waals surface area contributed by atoms with Crippen LogP contribution in [0.15, 0.2) is 17.0 Å². The van der Waals surface area contributed by atoms with Crippen LogP contribution in [0.1, 0.15) is 17.5 Å². The van der Waals surface area contributed by atoms with Gasteiger partial charge in [-0.2, -0.15) is 0 Å². The molecule has 0 aliphatic rings. The second-order valence-electron chi connectivity index (χ2n) is 4.02. The van der Waals surface area contributed by atoms with Gasteiger partial charge in [-0.3, -0.25) is 4.79 Å². The number of carbonyl (C=O) groups excluding carboxylic acids is 1. The molecule has 0 aliphatic heterocycles. The highest BCUT2D eigenvalue weighted by Crippen LogP contribution is 2.28. The van der Waals surface area contributed by atoms with Gasteiger partial charge in [0.05, 0.1) is 13.0 Å². The van der Waals surface area contributed by atoms with Gasteiger partial charge in [0, 0.05) is 0 Å². The van der Waals surface area contributed by atoms with Crippen molar-refractivity contribution in [2.75, 3.05) is 6.61 Å². The molecular formula is C11H16N2O4S. The Kier molecular flexibility index (Phi) is 4.31. The summed E-state index contributed by atoms with van der Waals surface area (Å²) in [7, 11) is -3.87. The van der Waals surface area contributed by atoms with Crippen LogP contribution in [0.25, 0.3) is 0 Å². The van der Waals surface area contributed by atoms with E-state index in [1.807, 2.05) is 0 Å². The zero-order valence-corrected chi connectivity index (χ0v) is 11.1. The molecule has 7 heteroatoms. The van der Waals surface area contributed by atoms with Crippen molar-refractivity contribution in [1.29, 1.82) is 0 Å². The molecule has 0 bridgehead atoms. The molecule has 0 aromatic heterocycles. The molecule has 0 aliphatic carbocycles. The van der Waals surface area contributed by atoms with E-state index in [9.17, 15) is 13.2 Å². The summed E-state index contributed by atoms with van der Waals surface area (Å²) in [5.41, 5.74) is 6.39. The number of primary amides is 1. The van der Waals surface area contributed by atoms with Crippen LogP contribution in [0.3, 0.4) is 0 Å². The Labute approximate surface area is 106 Å². The maximum Gasteiger partial charge on any atom is 0.241 e. The molecule has 4 N–H and O–H groups in total. The van der Waals surface area contributed by atoms with Crippen LogP contribution in [-0.2, 0) is 14.8 Å². The largest absolute Gasteiger partial charge is 0.491 e.